The fraction of sp³-hybridized carbons (Fsp3) is 0.538. The second-order valence-corrected chi connectivity index (χ2v) is 4.65. The normalized spacial score (nSPS) is 20.0. The first-order valence-electron chi connectivity index (χ1n) is 6.08. The molecule has 3 heteroatoms. The minimum Gasteiger partial charge on any atom is -0.356 e. The van der Waals surface area contributed by atoms with Gasteiger partial charge in [-0.3, -0.25) is 4.79 Å². The summed E-state index contributed by atoms with van der Waals surface area (Å²) in [7, 11) is 0. The second kappa shape index (κ2) is 3.89. The fourth-order valence-electron chi connectivity index (χ4n) is 2.57. The van der Waals surface area contributed by atoms with E-state index in [2.05, 4.69) is 17.0 Å². The van der Waals surface area contributed by atoms with Crippen LogP contribution in [-0.4, -0.2) is 23.9 Å². The Morgan fingerprint density at radius 2 is 1.88 bits per heavy atom. The maximum Gasteiger partial charge on any atom is 0.136 e. The van der Waals surface area contributed by atoms with Crippen molar-refractivity contribution in [2.75, 3.05) is 18.0 Å². The number of aryl methyl sites for hydroxylation is 2. The summed E-state index contributed by atoms with van der Waals surface area (Å²) in [6.07, 6.45) is 4.90. The van der Waals surface area contributed by atoms with Gasteiger partial charge in [-0.2, -0.15) is 0 Å². The Labute approximate surface area is 95.5 Å². The highest BCUT2D eigenvalue weighted by Crippen LogP contribution is 2.24. The standard InChI is InChI=1S/C13H16N2O/c16-11-6-8-15(9-7-11)13-5-4-10-2-1-3-12(10)14-13/h4-5H,1-3,6-9H2. The Hall–Kier alpha value is -1.38. The number of aromatic nitrogens is 1. The molecule has 0 N–H and O–H groups in total. The van der Waals surface area contributed by atoms with Gasteiger partial charge >= 0.3 is 0 Å². The van der Waals surface area contributed by atoms with E-state index in [1.807, 2.05) is 0 Å². The summed E-state index contributed by atoms with van der Waals surface area (Å²) < 4.78 is 0. The molecule has 0 unspecified atom stereocenters. The van der Waals surface area contributed by atoms with Crippen molar-refractivity contribution >= 4 is 11.6 Å². The van der Waals surface area contributed by atoms with Gasteiger partial charge < -0.3 is 4.90 Å². The molecule has 1 aliphatic heterocycles. The predicted octanol–water partition coefficient (Wildman–Crippen LogP) is 1.74. The van der Waals surface area contributed by atoms with Crippen LogP contribution in [-0.2, 0) is 17.6 Å². The van der Waals surface area contributed by atoms with Gasteiger partial charge in [0.2, 0.25) is 0 Å². The molecule has 0 bridgehead atoms. The Balaban J connectivity index is 1.82. The van der Waals surface area contributed by atoms with Crippen LogP contribution in [0.25, 0.3) is 0 Å². The van der Waals surface area contributed by atoms with E-state index < -0.39 is 0 Å². The van der Waals surface area contributed by atoms with Crippen molar-refractivity contribution in [1.82, 2.24) is 4.98 Å². The quantitative estimate of drug-likeness (QED) is 0.717. The predicted molar refractivity (Wildman–Crippen MR) is 62.7 cm³/mol. The minimum atomic E-state index is 0.386. The minimum absolute atomic E-state index is 0.386. The van der Waals surface area contributed by atoms with Crippen LogP contribution in [0.1, 0.15) is 30.5 Å². The van der Waals surface area contributed by atoms with E-state index in [0.717, 1.165) is 25.3 Å². The van der Waals surface area contributed by atoms with Crippen LogP contribution < -0.4 is 4.90 Å². The number of piperidine rings is 1. The molecule has 1 saturated heterocycles. The fourth-order valence-corrected chi connectivity index (χ4v) is 2.57. The zero-order valence-corrected chi connectivity index (χ0v) is 9.41. The average molecular weight is 216 g/mol. The van der Waals surface area contributed by atoms with Gasteiger partial charge in [-0.15, -0.1) is 0 Å². The van der Waals surface area contributed by atoms with Crippen LogP contribution in [0.15, 0.2) is 12.1 Å². The summed E-state index contributed by atoms with van der Waals surface area (Å²) in [6.45, 7) is 1.68. The lowest BCUT2D eigenvalue weighted by molar-refractivity contribution is -0.119. The van der Waals surface area contributed by atoms with Crippen molar-refractivity contribution in [3.63, 3.8) is 0 Å². The first kappa shape index (κ1) is 9.82. The third kappa shape index (κ3) is 1.70. The third-order valence-electron chi connectivity index (χ3n) is 3.56. The molecular weight excluding hydrogens is 200 g/mol. The molecule has 0 saturated carbocycles. The van der Waals surface area contributed by atoms with Gasteiger partial charge in [-0.25, -0.2) is 4.98 Å². The van der Waals surface area contributed by atoms with Crippen LogP contribution in [0.3, 0.4) is 0 Å². The number of ketones is 1. The summed E-state index contributed by atoms with van der Waals surface area (Å²) >= 11 is 0. The van der Waals surface area contributed by atoms with E-state index >= 15 is 0 Å². The maximum absolute atomic E-state index is 11.2. The zero-order valence-electron chi connectivity index (χ0n) is 9.41. The molecule has 1 fully saturated rings. The number of hydrogen-bond donors (Lipinski definition) is 0. The van der Waals surface area contributed by atoms with Crippen molar-refractivity contribution in [3.05, 3.63) is 23.4 Å². The van der Waals surface area contributed by atoms with Gasteiger partial charge in [0.05, 0.1) is 0 Å². The lowest BCUT2D eigenvalue weighted by Gasteiger charge is -2.27. The molecule has 0 spiro atoms. The molecule has 0 amide bonds. The summed E-state index contributed by atoms with van der Waals surface area (Å²) in [5, 5.41) is 0. The number of fused-ring (bicyclic) bond motifs is 1. The Morgan fingerprint density at radius 3 is 2.69 bits per heavy atom. The number of anilines is 1. The highest BCUT2D eigenvalue weighted by molar-refractivity contribution is 5.80. The summed E-state index contributed by atoms with van der Waals surface area (Å²) in [5.74, 6) is 1.45. The van der Waals surface area contributed by atoms with E-state index in [4.69, 9.17) is 4.98 Å². The molecular formula is C13H16N2O. The topological polar surface area (TPSA) is 33.2 Å². The Bertz CT molecular complexity index is 418. The van der Waals surface area contributed by atoms with Crippen molar-refractivity contribution in [2.24, 2.45) is 0 Å². The lowest BCUT2D eigenvalue weighted by atomic mass is 10.1. The maximum atomic E-state index is 11.2. The van der Waals surface area contributed by atoms with E-state index in [0.29, 0.717) is 18.6 Å². The smallest absolute Gasteiger partial charge is 0.136 e. The van der Waals surface area contributed by atoms with Crippen LogP contribution >= 0.6 is 0 Å². The summed E-state index contributed by atoms with van der Waals surface area (Å²) in [4.78, 5) is 18.1. The lowest BCUT2D eigenvalue weighted by Crippen LogP contribution is -2.34. The second-order valence-electron chi connectivity index (χ2n) is 4.65. The van der Waals surface area contributed by atoms with E-state index in [-0.39, 0.29) is 0 Å². The molecule has 84 valence electrons. The molecule has 0 radical (unpaired) electrons. The van der Waals surface area contributed by atoms with Crippen molar-refractivity contribution in [3.8, 4) is 0 Å². The van der Waals surface area contributed by atoms with E-state index in [1.165, 1.54) is 24.1 Å². The summed E-state index contributed by atoms with van der Waals surface area (Å²) in [5.41, 5.74) is 2.69. The van der Waals surface area contributed by atoms with E-state index in [1.54, 1.807) is 0 Å². The van der Waals surface area contributed by atoms with Gasteiger partial charge in [0, 0.05) is 31.6 Å². The Kier molecular flexibility index (Phi) is 2.39. The molecule has 0 atom stereocenters. The molecule has 3 rings (SSSR count). The number of Topliss-reactive ketones (excluding diaryl/α,β-unsaturated/α-hetero) is 1. The molecule has 1 aromatic heterocycles. The van der Waals surface area contributed by atoms with Crippen molar-refractivity contribution in [2.45, 2.75) is 32.1 Å². The SMILES string of the molecule is O=C1CCN(c2ccc3c(n2)CCC3)CC1. The van der Waals surface area contributed by atoms with Crippen LogP contribution in [0.5, 0.6) is 0 Å². The first-order valence-corrected chi connectivity index (χ1v) is 6.08. The number of rotatable bonds is 1. The van der Waals surface area contributed by atoms with Crippen molar-refractivity contribution < 1.29 is 4.79 Å². The van der Waals surface area contributed by atoms with E-state index in [9.17, 15) is 4.79 Å². The monoisotopic (exact) mass is 216 g/mol. The number of nitrogens with zero attached hydrogens (tertiary/aromatic N) is 2. The molecule has 0 aromatic carbocycles. The first-order chi connectivity index (χ1) is 7.83. The van der Waals surface area contributed by atoms with Gasteiger partial charge in [-0.05, 0) is 30.9 Å². The Morgan fingerprint density at radius 1 is 1.06 bits per heavy atom. The van der Waals surface area contributed by atoms with Crippen molar-refractivity contribution in [1.29, 1.82) is 0 Å². The van der Waals surface area contributed by atoms with Gasteiger partial charge in [0.25, 0.3) is 0 Å². The van der Waals surface area contributed by atoms with Crippen LogP contribution in [0, 0.1) is 0 Å². The highest BCUT2D eigenvalue weighted by Gasteiger charge is 2.19. The van der Waals surface area contributed by atoms with Gasteiger partial charge in [0.1, 0.15) is 11.6 Å². The average Bonchev–Trinajstić information content (AvgIpc) is 2.77. The molecule has 2 heterocycles. The molecule has 1 aromatic rings. The number of hydrogen-bond acceptors (Lipinski definition) is 3. The molecule has 3 nitrogen and oxygen atoms in total. The third-order valence-corrected chi connectivity index (χ3v) is 3.56. The van der Waals surface area contributed by atoms with Gasteiger partial charge in [-0.1, -0.05) is 6.07 Å². The number of carbonyl (C=O) groups is 1. The summed E-state index contributed by atoms with van der Waals surface area (Å²) in [6, 6.07) is 4.32. The highest BCUT2D eigenvalue weighted by atomic mass is 16.1. The van der Waals surface area contributed by atoms with Crippen LogP contribution in [0.2, 0.25) is 0 Å². The molecule has 2 aliphatic rings. The largest absolute Gasteiger partial charge is 0.356 e. The number of pyridine rings is 1. The molecule has 1 aliphatic carbocycles. The number of carbonyl (C=O) groups excluding carboxylic acids is 1. The molecule has 16 heavy (non-hydrogen) atoms. The van der Waals surface area contributed by atoms with Crippen LogP contribution in [0.4, 0.5) is 5.82 Å². The van der Waals surface area contributed by atoms with Gasteiger partial charge in [0.15, 0.2) is 0 Å². The zero-order chi connectivity index (χ0) is 11.0.